The van der Waals surface area contributed by atoms with E-state index in [-0.39, 0.29) is 11.9 Å². The molecule has 0 saturated heterocycles. The second-order valence-electron chi connectivity index (χ2n) is 5.89. The minimum atomic E-state index is -0.181. The van der Waals surface area contributed by atoms with E-state index in [0.29, 0.717) is 22.9 Å². The van der Waals surface area contributed by atoms with Gasteiger partial charge < -0.3 is 10.1 Å². The molecular weight excluding hydrogens is 368 g/mol. The van der Waals surface area contributed by atoms with Crippen LogP contribution in [0.4, 0.5) is 0 Å². The lowest BCUT2D eigenvalue weighted by Gasteiger charge is -2.16. The molecule has 4 nitrogen and oxygen atoms in total. The van der Waals surface area contributed by atoms with Crippen molar-refractivity contribution in [3.63, 3.8) is 0 Å². The van der Waals surface area contributed by atoms with Crippen LogP contribution >= 0.6 is 22.9 Å². The predicted octanol–water partition coefficient (Wildman–Crippen LogP) is 5.17. The first kappa shape index (κ1) is 18.4. The summed E-state index contributed by atoms with van der Waals surface area (Å²) >= 11 is 7.78. The predicted molar refractivity (Wildman–Crippen MR) is 105 cm³/mol. The molecule has 2 aromatic carbocycles. The highest BCUT2D eigenvalue weighted by Gasteiger charge is 2.13. The Morgan fingerprint density at radius 2 is 1.96 bits per heavy atom. The number of halogens is 1. The number of rotatable bonds is 6. The van der Waals surface area contributed by atoms with Crippen molar-refractivity contribution in [3.05, 3.63) is 80.8 Å². The molecular formula is C20H19ClN2O2S. The van der Waals surface area contributed by atoms with E-state index in [0.717, 1.165) is 16.3 Å². The Morgan fingerprint density at radius 3 is 2.62 bits per heavy atom. The maximum atomic E-state index is 12.4. The van der Waals surface area contributed by atoms with Crippen molar-refractivity contribution in [3.8, 4) is 5.75 Å². The highest BCUT2D eigenvalue weighted by molar-refractivity contribution is 7.09. The van der Waals surface area contributed by atoms with Crippen LogP contribution in [0.3, 0.4) is 0 Å². The fraction of sp³-hybridized carbons (Fsp3) is 0.200. The van der Waals surface area contributed by atoms with Crippen LogP contribution in [0.25, 0.3) is 0 Å². The smallest absolute Gasteiger partial charge is 0.251 e. The molecule has 1 N–H and O–H groups in total. The monoisotopic (exact) mass is 386 g/mol. The molecule has 1 amide bonds. The average Bonchev–Trinajstić information content (AvgIpc) is 3.06. The van der Waals surface area contributed by atoms with Crippen LogP contribution in [0.15, 0.2) is 53.9 Å². The molecule has 26 heavy (non-hydrogen) atoms. The number of carbonyl (C=O) groups is 1. The third kappa shape index (κ3) is 4.62. The van der Waals surface area contributed by atoms with Crippen molar-refractivity contribution in [2.24, 2.45) is 0 Å². The van der Waals surface area contributed by atoms with Gasteiger partial charge in [-0.1, -0.05) is 29.8 Å². The van der Waals surface area contributed by atoms with Gasteiger partial charge in [0.1, 0.15) is 12.4 Å². The summed E-state index contributed by atoms with van der Waals surface area (Å²) in [4.78, 5) is 16.8. The number of nitrogens with one attached hydrogen (secondary N) is 1. The number of carbonyl (C=O) groups excluding carboxylic acids is 1. The van der Waals surface area contributed by atoms with Crippen molar-refractivity contribution >= 4 is 28.8 Å². The van der Waals surface area contributed by atoms with Crippen molar-refractivity contribution < 1.29 is 9.53 Å². The number of nitrogens with zero attached hydrogens (tertiary/aromatic N) is 1. The van der Waals surface area contributed by atoms with Gasteiger partial charge in [-0.2, -0.15) is 0 Å². The van der Waals surface area contributed by atoms with Gasteiger partial charge in [-0.15, -0.1) is 11.3 Å². The molecule has 3 aromatic rings. The number of ether oxygens (including phenoxy) is 1. The van der Waals surface area contributed by atoms with Crippen LogP contribution in [0.5, 0.6) is 5.75 Å². The van der Waals surface area contributed by atoms with Crippen molar-refractivity contribution in [1.82, 2.24) is 10.3 Å². The summed E-state index contributed by atoms with van der Waals surface area (Å²) in [6.07, 6.45) is 0. The van der Waals surface area contributed by atoms with Gasteiger partial charge in [0.25, 0.3) is 5.91 Å². The van der Waals surface area contributed by atoms with E-state index >= 15 is 0 Å². The van der Waals surface area contributed by atoms with Gasteiger partial charge >= 0.3 is 0 Å². The third-order valence-electron chi connectivity index (χ3n) is 3.89. The van der Waals surface area contributed by atoms with Crippen LogP contribution in [0.2, 0.25) is 5.02 Å². The topological polar surface area (TPSA) is 51.2 Å². The van der Waals surface area contributed by atoms with E-state index in [2.05, 4.69) is 10.3 Å². The summed E-state index contributed by atoms with van der Waals surface area (Å²) in [5.41, 5.74) is 2.37. The number of hydrogen-bond acceptors (Lipinski definition) is 4. The lowest BCUT2D eigenvalue weighted by atomic mass is 10.1. The quantitative estimate of drug-likeness (QED) is 0.635. The van der Waals surface area contributed by atoms with Crippen LogP contribution in [0, 0.1) is 6.92 Å². The van der Waals surface area contributed by atoms with Gasteiger partial charge in [-0.05, 0) is 49.7 Å². The molecule has 1 aromatic heterocycles. The summed E-state index contributed by atoms with van der Waals surface area (Å²) in [6.45, 7) is 4.29. The number of aryl methyl sites for hydroxylation is 1. The average molecular weight is 387 g/mol. The normalized spacial score (nSPS) is 11.8. The largest absolute Gasteiger partial charge is 0.487 e. The second-order valence-corrected chi connectivity index (χ2v) is 7.36. The van der Waals surface area contributed by atoms with Gasteiger partial charge in [0.2, 0.25) is 0 Å². The van der Waals surface area contributed by atoms with Crippen LogP contribution in [0.1, 0.15) is 39.6 Å². The number of thiazole rings is 1. The molecule has 0 unspecified atom stereocenters. The Labute approximate surface area is 161 Å². The Hall–Kier alpha value is -2.37. The summed E-state index contributed by atoms with van der Waals surface area (Å²) in [7, 11) is 0. The maximum Gasteiger partial charge on any atom is 0.251 e. The van der Waals surface area contributed by atoms with E-state index in [1.165, 1.54) is 0 Å². The number of hydrogen-bond donors (Lipinski definition) is 1. The lowest BCUT2D eigenvalue weighted by molar-refractivity contribution is 0.0940. The van der Waals surface area contributed by atoms with Gasteiger partial charge in [-0.25, -0.2) is 4.98 Å². The molecule has 134 valence electrons. The summed E-state index contributed by atoms with van der Waals surface area (Å²) < 4.78 is 5.70. The fourth-order valence-electron chi connectivity index (χ4n) is 2.52. The fourth-order valence-corrected chi connectivity index (χ4v) is 3.42. The zero-order valence-corrected chi connectivity index (χ0v) is 16.1. The molecule has 0 bridgehead atoms. The van der Waals surface area contributed by atoms with Gasteiger partial charge in [-0.3, -0.25) is 4.79 Å². The van der Waals surface area contributed by atoms with E-state index in [1.807, 2.05) is 43.5 Å². The zero-order chi connectivity index (χ0) is 18.5. The van der Waals surface area contributed by atoms with E-state index in [1.54, 1.807) is 35.6 Å². The summed E-state index contributed by atoms with van der Waals surface area (Å²) in [5.74, 6) is 0.547. The molecule has 1 atom stereocenters. The Morgan fingerprint density at radius 1 is 1.23 bits per heavy atom. The zero-order valence-electron chi connectivity index (χ0n) is 14.5. The first-order valence-electron chi connectivity index (χ1n) is 8.22. The highest BCUT2D eigenvalue weighted by Crippen LogP contribution is 2.23. The third-order valence-corrected chi connectivity index (χ3v) is 5.06. The molecule has 0 radical (unpaired) electrons. The van der Waals surface area contributed by atoms with E-state index < -0.39 is 0 Å². The molecule has 0 fully saturated rings. The van der Waals surface area contributed by atoms with Gasteiger partial charge in [0.15, 0.2) is 0 Å². The Kier molecular flexibility index (Phi) is 5.91. The number of benzene rings is 2. The van der Waals surface area contributed by atoms with E-state index in [9.17, 15) is 4.79 Å². The maximum absolute atomic E-state index is 12.4. The number of aromatic nitrogens is 1. The van der Waals surface area contributed by atoms with Crippen LogP contribution in [-0.4, -0.2) is 10.9 Å². The highest BCUT2D eigenvalue weighted by atomic mass is 35.5. The number of amides is 1. The van der Waals surface area contributed by atoms with Gasteiger partial charge in [0.05, 0.1) is 16.7 Å². The summed E-state index contributed by atoms with van der Waals surface area (Å²) in [5, 5.41) is 6.60. The molecule has 0 saturated carbocycles. The SMILES string of the molecule is Cc1nc(COc2ccc(C(=O)N[C@@H](C)c3ccccc3Cl)cc2)cs1. The minimum Gasteiger partial charge on any atom is -0.487 e. The molecule has 0 aliphatic carbocycles. The van der Waals surface area contributed by atoms with E-state index in [4.69, 9.17) is 16.3 Å². The standard InChI is InChI=1S/C20H19ClN2O2S/c1-13(18-5-3-4-6-19(18)21)22-20(24)15-7-9-17(10-8-15)25-11-16-12-26-14(2)23-16/h3-10,12-13H,11H2,1-2H3,(H,22,24)/t13-/m0/s1. The van der Waals surface area contributed by atoms with Crippen molar-refractivity contribution in [2.45, 2.75) is 26.5 Å². The summed E-state index contributed by atoms with van der Waals surface area (Å²) in [6, 6.07) is 14.4. The minimum absolute atomic E-state index is 0.154. The first-order chi connectivity index (χ1) is 12.5. The van der Waals surface area contributed by atoms with Gasteiger partial charge in [0, 0.05) is 16.0 Å². The molecule has 3 rings (SSSR count). The van der Waals surface area contributed by atoms with Crippen molar-refractivity contribution in [2.75, 3.05) is 0 Å². The Bertz CT molecular complexity index is 893. The van der Waals surface area contributed by atoms with Crippen LogP contribution < -0.4 is 10.1 Å². The molecule has 0 aliphatic heterocycles. The molecule has 6 heteroatoms. The first-order valence-corrected chi connectivity index (χ1v) is 9.48. The van der Waals surface area contributed by atoms with Crippen LogP contribution in [-0.2, 0) is 6.61 Å². The lowest BCUT2D eigenvalue weighted by Crippen LogP contribution is -2.26. The van der Waals surface area contributed by atoms with Crippen molar-refractivity contribution in [1.29, 1.82) is 0 Å². The Balaban J connectivity index is 1.59. The molecule has 0 spiro atoms. The second kappa shape index (κ2) is 8.34. The molecule has 0 aliphatic rings. The molecule has 1 heterocycles.